The number of ether oxygens (including phenoxy) is 1. The summed E-state index contributed by atoms with van der Waals surface area (Å²) in [7, 11) is 0. The van der Waals surface area contributed by atoms with Crippen LogP contribution in [-0.4, -0.2) is 83.2 Å². The van der Waals surface area contributed by atoms with Crippen LogP contribution in [0.3, 0.4) is 0 Å². The van der Waals surface area contributed by atoms with Gasteiger partial charge in [0.25, 0.3) is 0 Å². The molecule has 35 heavy (non-hydrogen) atoms. The number of benzene rings is 1. The number of aromatic nitrogens is 4. The van der Waals surface area contributed by atoms with E-state index in [1.165, 1.54) is 17.2 Å². The lowest BCUT2D eigenvalue weighted by atomic mass is 10.1. The third-order valence-corrected chi connectivity index (χ3v) is 6.28. The topological polar surface area (TPSA) is 186 Å². The number of rotatable bonds is 9. The summed E-state index contributed by atoms with van der Waals surface area (Å²) in [6.45, 7) is 0.773. The molecule has 3 aromatic rings. The molecule has 1 aliphatic rings. The van der Waals surface area contributed by atoms with E-state index in [0.717, 1.165) is 5.56 Å². The van der Waals surface area contributed by atoms with Gasteiger partial charge in [-0.3, -0.25) is 14.3 Å². The summed E-state index contributed by atoms with van der Waals surface area (Å²) in [5, 5.41) is 31.6. The SMILES string of the molecule is Nc1ncnc2c1ncn2[C@@H]1O[C@H](CN(CC[C@H](N)C(=O)O)Cc2cc(Cl)cc(Cl)c2)[C@@H](O)[C@H]1O. The fourth-order valence-electron chi connectivity index (χ4n) is 4.06. The molecule has 188 valence electrons. The number of hydrogen-bond acceptors (Lipinski definition) is 10. The highest BCUT2D eigenvalue weighted by Crippen LogP contribution is 2.32. The third kappa shape index (κ3) is 5.64. The Labute approximate surface area is 210 Å². The van der Waals surface area contributed by atoms with Crippen molar-refractivity contribution in [1.29, 1.82) is 0 Å². The van der Waals surface area contributed by atoms with E-state index in [9.17, 15) is 15.0 Å². The number of hydrogen-bond donors (Lipinski definition) is 5. The molecule has 1 aliphatic heterocycles. The molecule has 12 nitrogen and oxygen atoms in total. The highest BCUT2D eigenvalue weighted by Gasteiger charge is 2.45. The molecule has 0 unspecified atom stereocenters. The zero-order valence-electron chi connectivity index (χ0n) is 18.4. The average molecular weight is 526 g/mol. The normalized spacial score (nSPS) is 23.3. The molecule has 0 saturated carbocycles. The summed E-state index contributed by atoms with van der Waals surface area (Å²) < 4.78 is 7.52. The van der Waals surface area contributed by atoms with Crippen LogP contribution >= 0.6 is 23.2 Å². The van der Waals surface area contributed by atoms with Gasteiger partial charge >= 0.3 is 5.97 Å². The lowest BCUT2D eigenvalue weighted by Gasteiger charge is -2.27. The first-order chi connectivity index (χ1) is 16.6. The number of aliphatic hydroxyl groups is 2. The summed E-state index contributed by atoms with van der Waals surface area (Å²) in [6, 6.07) is 4.02. The van der Waals surface area contributed by atoms with Crippen LogP contribution in [0.4, 0.5) is 5.82 Å². The van der Waals surface area contributed by atoms with Gasteiger partial charge in [0.2, 0.25) is 0 Å². The lowest BCUT2D eigenvalue weighted by Crippen LogP contribution is -2.42. The maximum Gasteiger partial charge on any atom is 0.320 e. The maximum absolute atomic E-state index is 11.2. The smallest absolute Gasteiger partial charge is 0.320 e. The summed E-state index contributed by atoms with van der Waals surface area (Å²) in [4.78, 5) is 25.3. The van der Waals surface area contributed by atoms with E-state index in [1.807, 2.05) is 4.90 Å². The van der Waals surface area contributed by atoms with Gasteiger partial charge in [-0.25, -0.2) is 15.0 Å². The largest absolute Gasteiger partial charge is 0.480 e. The molecule has 0 bridgehead atoms. The Morgan fingerprint density at radius 2 is 1.89 bits per heavy atom. The second kappa shape index (κ2) is 10.6. The van der Waals surface area contributed by atoms with Crippen LogP contribution in [0.1, 0.15) is 18.2 Å². The van der Waals surface area contributed by atoms with Gasteiger partial charge in [-0.2, -0.15) is 0 Å². The van der Waals surface area contributed by atoms with Crippen molar-refractivity contribution < 1.29 is 24.9 Å². The molecule has 0 aliphatic carbocycles. The van der Waals surface area contributed by atoms with E-state index < -0.39 is 36.6 Å². The number of carboxylic acid groups (broad SMARTS) is 1. The van der Waals surface area contributed by atoms with Crippen molar-refractivity contribution in [3.05, 3.63) is 46.5 Å². The van der Waals surface area contributed by atoms with Gasteiger partial charge in [0, 0.05) is 29.7 Å². The molecular weight excluding hydrogens is 501 g/mol. The maximum atomic E-state index is 11.2. The van der Waals surface area contributed by atoms with Crippen LogP contribution in [0.5, 0.6) is 0 Å². The average Bonchev–Trinajstić information content (AvgIpc) is 3.34. The zero-order chi connectivity index (χ0) is 25.3. The van der Waals surface area contributed by atoms with Crippen molar-refractivity contribution in [2.45, 2.75) is 43.5 Å². The van der Waals surface area contributed by atoms with Gasteiger partial charge in [-0.1, -0.05) is 23.2 Å². The summed E-state index contributed by atoms with van der Waals surface area (Å²) in [5.74, 6) is -0.934. The molecular formula is C21H25Cl2N7O5. The number of anilines is 1. The van der Waals surface area contributed by atoms with Gasteiger partial charge in [0.05, 0.1) is 6.33 Å². The fourth-order valence-corrected chi connectivity index (χ4v) is 4.63. The number of halogens is 2. The first kappa shape index (κ1) is 25.5. The van der Waals surface area contributed by atoms with Gasteiger partial charge in [-0.15, -0.1) is 0 Å². The standard InChI is InChI=1S/C21H25Cl2N7O5/c22-11-3-10(4-12(23)5-11)6-29(2-1-13(24)21(33)34)7-14-16(31)17(32)20(35-14)30-9-28-15-18(25)26-8-27-19(15)30/h3-5,8-9,13-14,16-17,20,31-32H,1-2,6-7,24H2,(H,33,34)(H2,25,26,27)/t13-,14+,16+,17+,20+/m0/s1. The van der Waals surface area contributed by atoms with E-state index in [4.69, 9.17) is 44.5 Å². The third-order valence-electron chi connectivity index (χ3n) is 5.84. The van der Waals surface area contributed by atoms with Crippen LogP contribution in [0, 0.1) is 0 Å². The van der Waals surface area contributed by atoms with Crippen molar-refractivity contribution in [3.8, 4) is 0 Å². The molecule has 1 saturated heterocycles. The van der Waals surface area contributed by atoms with E-state index in [-0.39, 0.29) is 25.3 Å². The number of nitrogens with two attached hydrogens (primary N) is 2. The van der Waals surface area contributed by atoms with Crippen LogP contribution in [0.2, 0.25) is 10.0 Å². The highest BCUT2D eigenvalue weighted by molar-refractivity contribution is 6.34. The summed E-state index contributed by atoms with van der Waals surface area (Å²) in [5.41, 5.74) is 13.0. The van der Waals surface area contributed by atoms with E-state index in [1.54, 1.807) is 18.2 Å². The Bertz CT molecular complexity index is 1190. The van der Waals surface area contributed by atoms with Crippen LogP contribution < -0.4 is 11.5 Å². The number of aliphatic carboxylic acids is 1. The minimum atomic E-state index is -1.28. The Morgan fingerprint density at radius 3 is 2.57 bits per heavy atom. The fraction of sp³-hybridized carbons (Fsp3) is 0.429. The predicted octanol–water partition coefficient (Wildman–Crippen LogP) is 0.639. The molecule has 0 amide bonds. The molecule has 3 heterocycles. The number of carboxylic acids is 1. The molecule has 1 aromatic carbocycles. The molecule has 1 fully saturated rings. The number of imidazole rings is 1. The molecule has 5 atom stereocenters. The van der Waals surface area contributed by atoms with Crippen molar-refractivity contribution in [2.75, 3.05) is 18.8 Å². The molecule has 0 spiro atoms. The number of nitrogen functional groups attached to an aromatic ring is 1. The van der Waals surface area contributed by atoms with Crippen molar-refractivity contribution >= 4 is 46.2 Å². The Morgan fingerprint density at radius 1 is 1.17 bits per heavy atom. The van der Waals surface area contributed by atoms with Gasteiger partial charge in [-0.05, 0) is 30.2 Å². The second-order valence-electron chi connectivity index (χ2n) is 8.38. The van der Waals surface area contributed by atoms with E-state index in [2.05, 4.69) is 15.0 Å². The highest BCUT2D eigenvalue weighted by atomic mass is 35.5. The van der Waals surface area contributed by atoms with Crippen molar-refractivity contribution in [1.82, 2.24) is 24.4 Å². The van der Waals surface area contributed by atoms with Gasteiger partial charge in [0.1, 0.15) is 36.2 Å². The number of nitrogens with zero attached hydrogens (tertiary/aromatic N) is 5. The van der Waals surface area contributed by atoms with Crippen LogP contribution in [0.25, 0.3) is 11.2 Å². The Kier molecular flexibility index (Phi) is 7.71. The molecule has 4 rings (SSSR count). The van der Waals surface area contributed by atoms with Gasteiger partial charge in [0.15, 0.2) is 17.7 Å². The lowest BCUT2D eigenvalue weighted by molar-refractivity contribution is -0.138. The molecule has 7 N–H and O–H groups in total. The molecule has 2 aromatic heterocycles. The number of fused-ring (bicyclic) bond motifs is 1. The quantitative estimate of drug-likeness (QED) is 0.263. The minimum Gasteiger partial charge on any atom is -0.480 e. The molecule has 14 heteroatoms. The van der Waals surface area contributed by atoms with E-state index in [0.29, 0.717) is 27.8 Å². The summed E-state index contributed by atoms with van der Waals surface area (Å²) in [6.07, 6.45) is -1.47. The Hall–Kier alpha value is -2.58. The number of aliphatic hydroxyl groups excluding tert-OH is 2. The number of carbonyl (C=O) groups is 1. The zero-order valence-corrected chi connectivity index (χ0v) is 19.9. The molecule has 0 radical (unpaired) electrons. The van der Waals surface area contributed by atoms with Gasteiger partial charge < -0.3 is 31.5 Å². The minimum absolute atomic E-state index is 0.154. The Balaban J connectivity index is 1.54. The monoisotopic (exact) mass is 525 g/mol. The second-order valence-corrected chi connectivity index (χ2v) is 9.25. The van der Waals surface area contributed by atoms with E-state index >= 15 is 0 Å². The van der Waals surface area contributed by atoms with Crippen molar-refractivity contribution in [3.63, 3.8) is 0 Å². The van der Waals surface area contributed by atoms with Crippen molar-refractivity contribution in [2.24, 2.45) is 5.73 Å². The van der Waals surface area contributed by atoms with Crippen LogP contribution in [0.15, 0.2) is 30.9 Å². The first-order valence-electron chi connectivity index (χ1n) is 10.7. The first-order valence-corrected chi connectivity index (χ1v) is 11.5. The summed E-state index contributed by atoms with van der Waals surface area (Å²) >= 11 is 12.2. The predicted molar refractivity (Wildman–Crippen MR) is 128 cm³/mol. The van der Waals surface area contributed by atoms with Crippen LogP contribution in [-0.2, 0) is 16.1 Å².